The second-order valence-electron chi connectivity index (χ2n) is 5.03. The van der Waals surface area contributed by atoms with Crippen LogP contribution in [0.15, 0.2) is 12.3 Å². The van der Waals surface area contributed by atoms with Crippen molar-refractivity contribution >= 4 is 23.3 Å². The summed E-state index contributed by atoms with van der Waals surface area (Å²) in [5.74, 6) is -0.383. The standard InChI is InChI=1S/C14H20ClN3O2/c1-2-20-14(19)11-8-17-13(15)7-12(11)18-10-5-3-9(16)4-6-10/h7-10H,2-6,16H2,1H3,(H,17,18). The fraction of sp³-hybridized carbons (Fsp3) is 0.571. The molecule has 5 nitrogen and oxygen atoms in total. The third kappa shape index (κ3) is 3.84. The molecule has 0 aromatic carbocycles. The summed E-state index contributed by atoms with van der Waals surface area (Å²) in [5, 5.41) is 3.72. The third-order valence-electron chi connectivity index (χ3n) is 3.50. The number of pyridine rings is 1. The predicted octanol–water partition coefficient (Wildman–Crippen LogP) is 2.59. The quantitative estimate of drug-likeness (QED) is 0.660. The highest BCUT2D eigenvalue weighted by Gasteiger charge is 2.21. The summed E-state index contributed by atoms with van der Waals surface area (Å²) < 4.78 is 5.03. The molecule has 0 spiro atoms. The number of nitrogens with two attached hydrogens (primary N) is 1. The van der Waals surface area contributed by atoms with Gasteiger partial charge >= 0.3 is 5.97 Å². The number of nitrogens with one attached hydrogen (secondary N) is 1. The second kappa shape index (κ2) is 6.90. The minimum absolute atomic E-state index is 0.290. The van der Waals surface area contributed by atoms with E-state index in [-0.39, 0.29) is 5.97 Å². The van der Waals surface area contributed by atoms with Gasteiger partial charge in [0, 0.05) is 18.3 Å². The molecule has 20 heavy (non-hydrogen) atoms. The van der Waals surface area contributed by atoms with Gasteiger partial charge in [-0.05, 0) is 38.7 Å². The summed E-state index contributed by atoms with van der Waals surface area (Å²) in [6.45, 7) is 2.11. The number of rotatable bonds is 4. The number of carbonyl (C=O) groups excluding carboxylic acids is 1. The van der Waals surface area contributed by atoms with E-state index < -0.39 is 0 Å². The fourth-order valence-corrected chi connectivity index (χ4v) is 2.56. The van der Waals surface area contributed by atoms with E-state index >= 15 is 0 Å². The zero-order chi connectivity index (χ0) is 14.5. The Morgan fingerprint density at radius 1 is 1.50 bits per heavy atom. The maximum atomic E-state index is 11.9. The van der Waals surface area contributed by atoms with Crippen LogP contribution in [0, 0.1) is 0 Å². The van der Waals surface area contributed by atoms with Gasteiger partial charge in [-0.25, -0.2) is 9.78 Å². The average molecular weight is 298 g/mol. The monoisotopic (exact) mass is 297 g/mol. The molecule has 1 aromatic rings. The van der Waals surface area contributed by atoms with E-state index in [2.05, 4.69) is 10.3 Å². The minimum atomic E-state index is -0.383. The van der Waals surface area contributed by atoms with Crippen molar-refractivity contribution in [1.82, 2.24) is 4.98 Å². The van der Waals surface area contributed by atoms with E-state index in [0.717, 1.165) is 25.7 Å². The first-order chi connectivity index (χ1) is 9.60. The van der Waals surface area contributed by atoms with Gasteiger partial charge in [-0.1, -0.05) is 11.6 Å². The van der Waals surface area contributed by atoms with Gasteiger partial charge in [-0.15, -0.1) is 0 Å². The SMILES string of the molecule is CCOC(=O)c1cnc(Cl)cc1NC1CCC(N)CC1. The highest BCUT2D eigenvalue weighted by Crippen LogP contribution is 2.25. The Bertz CT molecular complexity index is 473. The summed E-state index contributed by atoms with van der Waals surface area (Å²) >= 11 is 5.92. The Morgan fingerprint density at radius 2 is 2.20 bits per heavy atom. The van der Waals surface area contributed by atoms with Crippen LogP contribution in [0.5, 0.6) is 0 Å². The molecule has 1 heterocycles. The van der Waals surface area contributed by atoms with Gasteiger partial charge in [0.2, 0.25) is 0 Å². The molecule has 1 aliphatic rings. The maximum Gasteiger partial charge on any atom is 0.341 e. The molecule has 0 aliphatic heterocycles. The van der Waals surface area contributed by atoms with E-state index in [1.54, 1.807) is 13.0 Å². The van der Waals surface area contributed by atoms with Gasteiger partial charge in [0.1, 0.15) is 10.7 Å². The van der Waals surface area contributed by atoms with E-state index in [4.69, 9.17) is 22.1 Å². The molecule has 0 bridgehead atoms. The van der Waals surface area contributed by atoms with Crippen LogP contribution >= 0.6 is 11.6 Å². The van der Waals surface area contributed by atoms with Gasteiger partial charge in [0.05, 0.1) is 12.3 Å². The van der Waals surface area contributed by atoms with Crippen molar-refractivity contribution in [3.8, 4) is 0 Å². The molecule has 1 aromatic heterocycles. The number of hydrogen-bond donors (Lipinski definition) is 2. The van der Waals surface area contributed by atoms with Crippen molar-refractivity contribution in [3.63, 3.8) is 0 Å². The number of anilines is 1. The lowest BCUT2D eigenvalue weighted by Gasteiger charge is -2.28. The summed E-state index contributed by atoms with van der Waals surface area (Å²) in [6.07, 6.45) is 5.42. The number of halogens is 1. The third-order valence-corrected chi connectivity index (χ3v) is 3.70. The highest BCUT2D eigenvalue weighted by atomic mass is 35.5. The molecule has 0 radical (unpaired) electrons. The molecule has 1 fully saturated rings. The lowest BCUT2D eigenvalue weighted by molar-refractivity contribution is 0.0527. The van der Waals surface area contributed by atoms with Crippen LogP contribution in [0.2, 0.25) is 5.15 Å². The molecule has 2 rings (SSSR count). The normalized spacial score (nSPS) is 22.4. The molecule has 0 unspecified atom stereocenters. The van der Waals surface area contributed by atoms with Crippen molar-refractivity contribution in [2.75, 3.05) is 11.9 Å². The first-order valence-corrected chi connectivity index (χ1v) is 7.32. The zero-order valence-corrected chi connectivity index (χ0v) is 12.3. The molecular formula is C14H20ClN3O2. The largest absolute Gasteiger partial charge is 0.462 e. The van der Waals surface area contributed by atoms with E-state index in [0.29, 0.717) is 35.1 Å². The second-order valence-corrected chi connectivity index (χ2v) is 5.42. The molecule has 0 atom stereocenters. The molecule has 1 saturated carbocycles. The Hall–Kier alpha value is -1.33. The zero-order valence-electron chi connectivity index (χ0n) is 11.6. The van der Waals surface area contributed by atoms with Gasteiger partial charge < -0.3 is 15.8 Å². The van der Waals surface area contributed by atoms with Crippen LogP contribution in [0.1, 0.15) is 43.0 Å². The van der Waals surface area contributed by atoms with Crippen molar-refractivity contribution in [1.29, 1.82) is 0 Å². The molecule has 6 heteroatoms. The van der Waals surface area contributed by atoms with Crippen molar-refractivity contribution < 1.29 is 9.53 Å². The van der Waals surface area contributed by atoms with Gasteiger partial charge in [-0.2, -0.15) is 0 Å². The molecule has 1 aliphatic carbocycles. The lowest BCUT2D eigenvalue weighted by Crippen LogP contribution is -2.33. The molecule has 0 saturated heterocycles. The summed E-state index contributed by atoms with van der Waals surface area (Å²) in [7, 11) is 0. The first kappa shape index (κ1) is 15.1. The highest BCUT2D eigenvalue weighted by molar-refractivity contribution is 6.29. The number of esters is 1. The molecule has 0 amide bonds. The summed E-state index contributed by atoms with van der Waals surface area (Å²) in [5.41, 5.74) is 7.01. The van der Waals surface area contributed by atoms with Crippen LogP contribution in [0.4, 0.5) is 5.69 Å². The summed E-state index contributed by atoms with van der Waals surface area (Å²) in [4.78, 5) is 15.9. The smallest absolute Gasteiger partial charge is 0.341 e. The predicted molar refractivity (Wildman–Crippen MR) is 79.1 cm³/mol. The van der Waals surface area contributed by atoms with Gasteiger partial charge in [0.15, 0.2) is 0 Å². The minimum Gasteiger partial charge on any atom is -0.462 e. The Balaban J connectivity index is 2.12. The van der Waals surface area contributed by atoms with Crippen LogP contribution in [0.25, 0.3) is 0 Å². The van der Waals surface area contributed by atoms with Gasteiger partial charge in [0.25, 0.3) is 0 Å². The van der Waals surface area contributed by atoms with Crippen molar-refractivity contribution in [2.24, 2.45) is 5.73 Å². The number of hydrogen-bond acceptors (Lipinski definition) is 5. The maximum absolute atomic E-state index is 11.9. The first-order valence-electron chi connectivity index (χ1n) is 6.95. The number of aromatic nitrogens is 1. The Labute approximate surface area is 123 Å². The van der Waals surface area contributed by atoms with Crippen LogP contribution in [-0.4, -0.2) is 29.6 Å². The number of ether oxygens (including phenoxy) is 1. The topological polar surface area (TPSA) is 77.2 Å². The van der Waals surface area contributed by atoms with Crippen molar-refractivity contribution in [2.45, 2.75) is 44.7 Å². The van der Waals surface area contributed by atoms with Crippen molar-refractivity contribution in [3.05, 3.63) is 23.0 Å². The van der Waals surface area contributed by atoms with E-state index in [1.807, 2.05) is 0 Å². The van der Waals surface area contributed by atoms with E-state index in [1.165, 1.54) is 6.20 Å². The summed E-state index contributed by atoms with van der Waals surface area (Å²) in [6, 6.07) is 2.27. The van der Waals surface area contributed by atoms with Crippen LogP contribution in [-0.2, 0) is 4.74 Å². The fourth-order valence-electron chi connectivity index (χ4n) is 2.40. The number of carbonyl (C=O) groups is 1. The van der Waals surface area contributed by atoms with Crippen LogP contribution < -0.4 is 11.1 Å². The lowest BCUT2D eigenvalue weighted by atomic mass is 9.91. The molecule has 3 N–H and O–H groups in total. The average Bonchev–Trinajstić information content (AvgIpc) is 2.42. The molecular weight excluding hydrogens is 278 g/mol. The van der Waals surface area contributed by atoms with E-state index in [9.17, 15) is 4.79 Å². The Morgan fingerprint density at radius 3 is 2.85 bits per heavy atom. The number of nitrogens with zero attached hydrogens (tertiary/aromatic N) is 1. The van der Waals surface area contributed by atoms with Gasteiger partial charge in [-0.3, -0.25) is 0 Å². The van der Waals surface area contributed by atoms with Crippen LogP contribution in [0.3, 0.4) is 0 Å². The Kier molecular flexibility index (Phi) is 5.20. The molecule has 110 valence electrons.